The summed E-state index contributed by atoms with van der Waals surface area (Å²) in [6.07, 6.45) is 0.258. The van der Waals surface area contributed by atoms with Gasteiger partial charge in [-0.25, -0.2) is 0 Å². The molecule has 5 rings (SSSR count). The van der Waals surface area contributed by atoms with Crippen LogP contribution in [0.15, 0.2) is 65.5 Å². The number of carbonyl (C=O) groups excluding carboxylic acids is 1. The van der Waals surface area contributed by atoms with Gasteiger partial charge in [-0.05, 0) is 66.9 Å². The van der Waals surface area contributed by atoms with E-state index in [4.69, 9.17) is 14.2 Å². The van der Waals surface area contributed by atoms with E-state index in [0.29, 0.717) is 42.3 Å². The van der Waals surface area contributed by atoms with E-state index in [1.54, 1.807) is 17.7 Å². The standard InChI is InChI=1S/C30H30N2O5/c1-19-4-5-21(12-20(19)2)13-25(33)18-32-27-16-29-28(36-10-11-37-29)15-22(27)14-23(30(32)34)17-31-24-6-8-26(35-3)9-7-24/h4-9,12,14-16,31H,10-11,13,17-18H2,1-3H3. The van der Waals surface area contributed by atoms with Gasteiger partial charge in [0, 0.05) is 35.7 Å². The molecule has 7 nitrogen and oxygen atoms in total. The van der Waals surface area contributed by atoms with E-state index in [9.17, 15) is 9.59 Å². The number of hydrogen-bond acceptors (Lipinski definition) is 6. The number of ketones is 1. The molecule has 0 saturated heterocycles. The Morgan fingerprint density at radius 1 is 0.946 bits per heavy atom. The zero-order valence-electron chi connectivity index (χ0n) is 21.3. The number of hydrogen-bond donors (Lipinski definition) is 1. The van der Waals surface area contributed by atoms with Gasteiger partial charge in [0.25, 0.3) is 5.56 Å². The number of aryl methyl sites for hydroxylation is 2. The zero-order chi connectivity index (χ0) is 25.9. The monoisotopic (exact) mass is 498 g/mol. The van der Waals surface area contributed by atoms with Gasteiger partial charge in [-0.2, -0.15) is 0 Å². The van der Waals surface area contributed by atoms with Crippen molar-refractivity contribution >= 4 is 22.4 Å². The highest BCUT2D eigenvalue weighted by Crippen LogP contribution is 2.34. The number of anilines is 1. The third-order valence-electron chi connectivity index (χ3n) is 6.71. The second-order valence-electron chi connectivity index (χ2n) is 9.33. The summed E-state index contributed by atoms with van der Waals surface area (Å²) in [6, 6.07) is 19.1. The first-order valence-corrected chi connectivity index (χ1v) is 12.3. The Balaban J connectivity index is 1.48. The SMILES string of the molecule is COc1ccc(NCc2cc3cc4c(cc3n(CC(=O)Cc3ccc(C)c(C)c3)c2=O)OCCO4)cc1. The highest BCUT2D eigenvalue weighted by Gasteiger charge is 2.18. The maximum Gasteiger partial charge on any atom is 0.256 e. The van der Waals surface area contributed by atoms with E-state index in [1.165, 1.54) is 5.56 Å². The molecule has 190 valence electrons. The summed E-state index contributed by atoms with van der Waals surface area (Å²) in [4.78, 5) is 26.8. The van der Waals surface area contributed by atoms with Crippen LogP contribution in [-0.4, -0.2) is 30.7 Å². The molecule has 3 aromatic carbocycles. The molecule has 1 aliphatic rings. The van der Waals surface area contributed by atoms with Crippen molar-refractivity contribution in [2.75, 3.05) is 25.6 Å². The first-order valence-electron chi connectivity index (χ1n) is 12.3. The summed E-state index contributed by atoms with van der Waals surface area (Å²) in [5.41, 5.74) is 5.12. The molecule has 0 aliphatic carbocycles. The molecule has 0 amide bonds. The average molecular weight is 499 g/mol. The van der Waals surface area contributed by atoms with E-state index >= 15 is 0 Å². The topological polar surface area (TPSA) is 78.8 Å². The fourth-order valence-corrected chi connectivity index (χ4v) is 4.54. The van der Waals surface area contributed by atoms with Crippen molar-refractivity contribution in [3.63, 3.8) is 0 Å². The predicted molar refractivity (Wildman–Crippen MR) is 144 cm³/mol. The average Bonchev–Trinajstić information content (AvgIpc) is 2.91. The van der Waals surface area contributed by atoms with Crippen molar-refractivity contribution in [3.05, 3.63) is 93.3 Å². The lowest BCUT2D eigenvalue weighted by Crippen LogP contribution is -2.29. The minimum atomic E-state index is -0.210. The quantitative estimate of drug-likeness (QED) is 0.375. The van der Waals surface area contributed by atoms with Crippen LogP contribution in [0.2, 0.25) is 0 Å². The fourth-order valence-electron chi connectivity index (χ4n) is 4.54. The Morgan fingerprint density at radius 2 is 1.68 bits per heavy atom. The molecule has 1 N–H and O–H groups in total. The Hall–Kier alpha value is -4.26. The number of rotatable bonds is 8. The summed E-state index contributed by atoms with van der Waals surface area (Å²) in [5.74, 6) is 1.94. The third kappa shape index (κ3) is 5.31. The first-order chi connectivity index (χ1) is 17.9. The molecule has 1 aromatic heterocycles. The van der Waals surface area contributed by atoms with Crippen molar-refractivity contribution in [2.24, 2.45) is 0 Å². The summed E-state index contributed by atoms with van der Waals surface area (Å²) in [7, 11) is 1.62. The van der Waals surface area contributed by atoms with Gasteiger partial charge >= 0.3 is 0 Å². The summed E-state index contributed by atoms with van der Waals surface area (Å²) in [6.45, 7) is 5.27. The van der Waals surface area contributed by atoms with E-state index < -0.39 is 0 Å². The molecular formula is C30H30N2O5. The maximum absolute atomic E-state index is 13.6. The lowest BCUT2D eigenvalue weighted by Gasteiger charge is -2.21. The lowest BCUT2D eigenvalue weighted by atomic mass is 10.0. The molecule has 1 aliphatic heterocycles. The number of Topliss-reactive ketones (excluding diaryl/α,β-unsaturated/α-hetero) is 1. The minimum Gasteiger partial charge on any atom is -0.497 e. The summed E-state index contributed by atoms with van der Waals surface area (Å²) in [5, 5.41) is 4.12. The number of nitrogens with one attached hydrogen (secondary N) is 1. The Labute approximate surface area is 215 Å². The lowest BCUT2D eigenvalue weighted by molar-refractivity contribution is -0.119. The molecule has 7 heteroatoms. The third-order valence-corrected chi connectivity index (χ3v) is 6.71. The van der Waals surface area contributed by atoms with Crippen LogP contribution in [0.1, 0.15) is 22.3 Å². The van der Waals surface area contributed by atoms with E-state index in [1.807, 2.05) is 68.4 Å². The largest absolute Gasteiger partial charge is 0.497 e. The molecule has 0 fully saturated rings. The van der Waals surface area contributed by atoms with Gasteiger partial charge in [0.1, 0.15) is 19.0 Å². The molecule has 0 unspecified atom stereocenters. The minimum absolute atomic E-state index is 0.0295. The van der Waals surface area contributed by atoms with Crippen molar-refractivity contribution in [3.8, 4) is 17.2 Å². The molecule has 2 heterocycles. The van der Waals surface area contributed by atoms with Crippen molar-refractivity contribution in [1.82, 2.24) is 4.57 Å². The number of ether oxygens (including phenoxy) is 3. The smallest absolute Gasteiger partial charge is 0.256 e. The highest BCUT2D eigenvalue weighted by atomic mass is 16.6. The zero-order valence-corrected chi connectivity index (χ0v) is 21.3. The second-order valence-corrected chi connectivity index (χ2v) is 9.33. The number of aromatic nitrogens is 1. The number of methoxy groups -OCH3 is 1. The number of nitrogens with zero attached hydrogens (tertiary/aromatic N) is 1. The van der Waals surface area contributed by atoms with Gasteiger partial charge in [-0.15, -0.1) is 0 Å². The van der Waals surface area contributed by atoms with E-state index in [0.717, 1.165) is 28.0 Å². The molecule has 37 heavy (non-hydrogen) atoms. The number of pyridine rings is 1. The van der Waals surface area contributed by atoms with Crippen LogP contribution in [0.5, 0.6) is 17.2 Å². The van der Waals surface area contributed by atoms with Crippen LogP contribution in [0.25, 0.3) is 10.9 Å². The Morgan fingerprint density at radius 3 is 2.38 bits per heavy atom. The molecule has 0 spiro atoms. The number of benzene rings is 3. The molecule has 0 saturated carbocycles. The maximum atomic E-state index is 13.6. The van der Waals surface area contributed by atoms with Crippen LogP contribution < -0.4 is 25.1 Å². The van der Waals surface area contributed by atoms with Crippen LogP contribution >= 0.6 is 0 Å². The van der Waals surface area contributed by atoms with E-state index in [-0.39, 0.29) is 24.3 Å². The van der Waals surface area contributed by atoms with Crippen LogP contribution in [0.4, 0.5) is 5.69 Å². The van der Waals surface area contributed by atoms with Crippen LogP contribution in [0.3, 0.4) is 0 Å². The second kappa shape index (κ2) is 10.4. The predicted octanol–water partition coefficient (Wildman–Crippen LogP) is 4.82. The van der Waals surface area contributed by atoms with E-state index in [2.05, 4.69) is 5.32 Å². The van der Waals surface area contributed by atoms with Crippen LogP contribution in [0, 0.1) is 13.8 Å². The fraction of sp³-hybridized carbons (Fsp3) is 0.267. The van der Waals surface area contributed by atoms with Crippen LogP contribution in [-0.2, 0) is 24.3 Å². The van der Waals surface area contributed by atoms with Gasteiger partial charge in [0.15, 0.2) is 17.3 Å². The number of carbonyl (C=O) groups is 1. The molecular weight excluding hydrogens is 468 g/mol. The van der Waals surface area contributed by atoms with Gasteiger partial charge in [0.05, 0.1) is 19.2 Å². The van der Waals surface area contributed by atoms with Crippen molar-refractivity contribution < 1.29 is 19.0 Å². The molecule has 0 atom stereocenters. The highest BCUT2D eigenvalue weighted by molar-refractivity contribution is 5.87. The summed E-state index contributed by atoms with van der Waals surface area (Å²) < 4.78 is 18.3. The summed E-state index contributed by atoms with van der Waals surface area (Å²) >= 11 is 0. The molecule has 0 bridgehead atoms. The van der Waals surface area contributed by atoms with Crippen molar-refractivity contribution in [1.29, 1.82) is 0 Å². The molecule has 4 aromatic rings. The van der Waals surface area contributed by atoms with Gasteiger partial charge < -0.3 is 24.1 Å². The Kier molecular flexibility index (Phi) is 6.86. The van der Waals surface area contributed by atoms with Gasteiger partial charge in [-0.1, -0.05) is 18.2 Å². The normalized spacial score (nSPS) is 12.4. The van der Waals surface area contributed by atoms with Crippen molar-refractivity contribution in [2.45, 2.75) is 33.4 Å². The van der Waals surface area contributed by atoms with Gasteiger partial charge in [0.2, 0.25) is 0 Å². The first kappa shape index (κ1) is 24.4. The number of fused-ring (bicyclic) bond motifs is 2. The Bertz CT molecular complexity index is 1520. The molecule has 0 radical (unpaired) electrons. The van der Waals surface area contributed by atoms with Gasteiger partial charge in [-0.3, -0.25) is 9.59 Å².